The number of hydrogen-bond donors (Lipinski definition) is 0. The molecule has 1 atom stereocenters. The normalized spacial score (nSPS) is 12.3. The Morgan fingerprint density at radius 1 is 0.708 bits per heavy atom. The molecule has 0 aliphatic rings. The first-order valence-electron chi connectivity index (χ1n) is 10.8. The molecule has 0 fully saturated rings. The molecule has 0 radical (unpaired) electrons. The molecule has 0 spiro atoms. The summed E-state index contributed by atoms with van der Waals surface area (Å²) in [4.78, 5) is 11.0. The van der Waals surface area contributed by atoms with E-state index in [9.17, 15) is 4.79 Å². The number of unbranched alkanes of at least 4 members (excludes halogenated alkanes) is 12. The molecule has 0 heterocycles. The second-order valence-corrected chi connectivity index (χ2v) is 7.60. The average molecular weight is 341 g/mol. The smallest absolute Gasteiger partial charge is 0.305 e. The summed E-state index contributed by atoms with van der Waals surface area (Å²) in [6, 6.07) is 0. The van der Waals surface area contributed by atoms with Crippen LogP contribution in [0.5, 0.6) is 0 Å². The summed E-state index contributed by atoms with van der Waals surface area (Å²) in [6.07, 6.45) is 22.3. The number of methoxy groups -OCH3 is 1. The lowest BCUT2D eigenvalue weighted by Crippen LogP contribution is -1.99. The Hall–Kier alpha value is -0.530. The lowest BCUT2D eigenvalue weighted by atomic mass is 9.96. The van der Waals surface area contributed by atoms with Gasteiger partial charge < -0.3 is 4.74 Å². The Bertz CT molecular complexity index is 263. The van der Waals surface area contributed by atoms with Crippen LogP contribution in [0.4, 0.5) is 0 Å². The van der Waals surface area contributed by atoms with Gasteiger partial charge in [-0.25, -0.2) is 0 Å². The van der Waals surface area contributed by atoms with Crippen LogP contribution in [0.25, 0.3) is 0 Å². The fourth-order valence-electron chi connectivity index (χ4n) is 3.34. The highest BCUT2D eigenvalue weighted by Crippen LogP contribution is 2.18. The first-order valence-corrected chi connectivity index (χ1v) is 10.8. The van der Waals surface area contributed by atoms with Gasteiger partial charge in [0.2, 0.25) is 0 Å². The molecule has 0 aliphatic carbocycles. The summed E-state index contributed by atoms with van der Waals surface area (Å²) in [5.74, 6) is 0.842. The number of esters is 1. The second-order valence-electron chi connectivity index (χ2n) is 7.60. The molecule has 0 saturated carbocycles. The highest BCUT2D eigenvalue weighted by molar-refractivity contribution is 5.68. The van der Waals surface area contributed by atoms with Gasteiger partial charge in [-0.3, -0.25) is 4.79 Å². The summed E-state index contributed by atoms with van der Waals surface area (Å²) in [5.41, 5.74) is 0. The van der Waals surface area contributed by atoms with E-state index < -0.39 is 0 Å². The van der Waals surface area contributed by atoms with Gasteiger partial charge in [0, 0.05) is 6.42 Å². The molecule has 0 aliphatic heterocycles. The van der Waals surface area contributed by atoms with Gasteiger partial charge in [0.05, 0.1) is 7.11 Å². The number of rotatable bonds is 18. The van der Waals surface area contributed by atoms with E-state index in [1.54, 1.807) is 0 Å². The van der Waals surface area contributed by atoms with E-state index in [0.717, 1.165) is 12.3 Å². The van der Waals surface area contributed by atoms with E-state index in [0.29, 0.717) is 6.42 Å². The fourth-order valence-corrected chi connectivity index (χ4v) is 3.34. The van der Waals surface area contributed by atoms with Gasteiger partial charge in [0.15, 0.2) is 0 Å². The van der Waals surface area contributed by atoms with Crippen molar-refractivity contribution in [3.63, 3.8) is 0 Å². The zero-order valence-electron chi connectivity index (χ0n) is 16.9. The van der Waals surface area contributed by atoms with Gasteiger partial charge in [-0.15, -0.1) is 0 Å². The van der Waals surface area contributed by atoms with Crippen molar-refractivity contribution in [2.45, 2.75) is 123 Å². The molecule has 2 heteroatoms. The first kappa shape index (κ1) is 23.5. The molecule has 144 valence electrons. The zero-order chi connectivity index (χ0) is 17.9. The minimum Gasteiger partial charge on any atom is -0.469 e. The first-order chi connectivity index (χ1) is 11.7. The Kier molecular flexibility index (Phi) is 18.4. The van der Waals surface area contributed by atoms with E-state index in [1.807, 2.05) is 0 Å². The standard InChI is InChI=1S/C22H44O2/c1-4-5-6-7-8-9-12-15-18-21(2)19-16-13-10-11-14-17-20-22(23)24-3/h21H,4-20H2,1-3H3. The Morgan fingerprint density at radius 3 is 1.58 bits per heavy atom. The van der Waals surface area contributed by atoms with Crippen molar-refractivity contribution in [2.75, 3.05) is 7.11 Å². The maximum Gasteiger partial charge on any atom is 0.305 e. The molecule has 1 unspecified atom stereocenters. The monoisotopic (exact) mass is 340 g/mol. The predicted octanol–water partition coefficient (Wildman–Crippen LogP) is 7.45. The van der Waals surface area contributed by atoms with Crippen molar-refractivity contribution < 1.29 is 9.53 Å². The van der Waals surface area contributed by atoms with Crippen LogP contribution in [-0.4, -0.2) is 13.1 Å². The van der Waals surface area contributed by atoms with E-state index >= 15 is 0 Å². The molecule has 0 saturated heterocycles. The third-order valence-corrected chi connectivity index (χ3v) is 5.11. The Balaban J connectivity index is 3.18. The summed E-state index contributed by atoms with van der Waals surface area (Å²) >= 11 is 0. The van der Waals surface area contributed by atoms with Crippen molar-refractivity contribution in [3.8, 4) is 0 Å². The largest absolute Gasteiger partial charge is 0.469 e. The van der Waals surface area contributed by atoms with Crippen LogP contribution in [0.1, 0.15) is 123 Å². The van der Waals surface area contributed by atoms with Gasteiger partial charge in [-0.2, -0.15) is 0 Å². The summed E-state index contributed by atoms with van der Waals surface area (Å²) in [7, 11) is 1.47. The van der Waals surface area contributed by atoms with Crippen molar-refractivity contribution in [3.05, 3.63) is 0 Å². The van der Waals surface area contributed by atoms with Crippen LogP contribution in [0, 0.1) is 5.92 Å². The number of ether oxygens (including phenoxy) is 1. The molecule has 0 bridgehead atoms. The molecule has 24 heavy (non-hydrogen) atoms. The molecule has 2 nitrogen and oxygen atoms in total. The van der Waals surface area contributed by atoms with Crippen LogP contribution >= 0.6 is 0 Å². The third kappa shape index (κ3) is 17.8. The van der Waals surface area contributed by atoms with E-state index in [4.69, 9.17) is 0 Å². The molecule has 0 aromatic rings. The van der Waals surface area contributed by atoms with Crippen LogP contribution in [0.2, 0.25) is 0 Å². The van der Waals surface area contributed by atoms with Crippen molar-refractivity contribution in [1.82, 2.24) is 0 Å². The van der Waals surface area contributed by atoms with Gasteiger partial charge in [-0.1, -0.05) is 110 Å². The zero-order valence-corrected chi connectivity index (χ0v) is 16.9. The minimum atomic E-state index is -0.0650. The van der Waals surface area contributed by atoms with Crippen molar-refractivity contribution in [1.29, 1.82) is 0 Å². The highest BCUT2D eigenvalue weighted by atomic mass is 16.5. The molecule has 0 amide bonds. The number of hydrogen-bond acceptors (Lipinski definition) is 2. The van der Waals surface area contributed by atoms with Crippen LogP contribution < -0.4 is 0 Å². The van der Waals surface area contributed by atoms with Crippen LogP contribution in [0.3, 0.4) is 0 Å². The van der Waals surface area contributed by atoms with E-state index in [1.165, 1.54) is 103 Å². The third-order valence-electron chi connectivity index (χ3n) is 5.11. The molecule has 0 aromatic heterocycles. The van der Waals surface area contributed by atoms with Gasteiger partial charge in [-0.05, 0) is 12.3 Å². The van der Waals surface area contributed by atoms with Gasteiger partial charge in [0.25, 0.3) is 0 Å². The Labute approximate surface area is 152 Å². The number of carbonyl (C=O) groups is 1. The lowest BCUT2D eigenvalue weighted by Gasteiger charge is -2.11. The van der Waals surface area contributed by atoms with E-state index in [2.05, 4.69) is 18.6 Å². The minimum absolute atomic E-state index is 0.0650. The summed E-state index contributed by atoms with van der Waals surface area (Å²) in [5, 5.41) is 0. The maximum atomic E-state index is 11.0. The molecule has 0 N–H and O–H groups in total. The summed E-state index contributed by atoms with van der Waals surface area (Å²) in [6.45, 7) is 4.71. The summed E-state index contributed by atoms with van der Waals surface area (Å²) < 4.78 is 4.65. The Morgan fingerprint density at radius 2 is 1.12 bits per heavy atom. The topological polar surface area (TPSA) is 26.3 Å². The maximum absolute atomic E-state index is 11.0. The van der Waals surface area contributed by atoms with Crippen molar-refractivity contribution >= 4 is 5.97 Å². The molecule has 0 rings (SSSR count). The SMILES string of the molecule is CCCCCCCCCCC(C)CCCCCCCCC(=O)OC. The fraction of sp³-hybridized carbons (Fsp3) is 0.955. The predicted molar refractivity (Wildman–Crippen MR) is 105 cm³/mol. The highest BCUT2D eigenvalue weighted by Gasteiger charge is 2.03. The molecular formula is C22H44O2. The molecule has 0 aromatic carbocycles. The van der Waals surface area contributed by atoms with Crippen LogP contribution in [0.15, 0.2) is 0 Å². The van der Waals surface area contributed by atoms with Crippen LogP contribution in [-0.2, 0) is 9.53 Å². The van der Waals surface area contributed by atoms with Gasteiger partial charge >= 0.3 is 5.97 Å². The van der Waals surface area contributed by atoms with Crippen molar-refractivity contribution in [2.24, 2.45) is 5.92 Å². The van der Waals surface area contributed by atoms with Gasteiger partial charge in [0.1, 0.15) is 0 Å². The molecular weight excluding hydrogens is 296 g/mol. The quantitative estimate of drug-likeness (QED) is 0.191. The average Bonchev–Trinajstić information content (AvgIpc) is 2.59. The second kappa shape index (κ2) is 18.8. The number of carbonyl (C=O) groups excluding carboxylic acids is 1. The lowest BCUT2D eigenvalue weighted by molar-refractivity contribution is -0.140. The van der Waals surface area contributed by atoms with E-state index in [-0.39, 0.29) is 5.97 Å².